The second kappa shape index (κ2) is 2.58. The van der Waals surface area contributed by atoms with Gasteiger partial charge in [0.05, 0.1) is 5.69 Å². The van der Waals surface area contributed by atoms with Crippen LogP contribution in [0.1, 0.15) is 6.92 Å². The second-order valence-electron chi connectivity index (χ2n) is 2.08. The van der Waals surface area contributed by atoms with E-state index in [0.717, 1.165) is 6.54 Å². The summed E-state index contributed by atoms with van der Waals surface area (Å²) in [4.78, 5) is 5.18. The van der Waals surface area contributed by atoms with Gasteiger partial charge in [-0.2, -0.15) is 0 Å². The lowest BCUT2D eigenvalue weighted by molar-refractivity contribution is 0.969. The van der Waals surface area contributed by atoms with E-state index in [2.05, 4.69) is 29.9 Å². The molecule has 50 valence electrons. The van der Waals surface area contributed by atoms with E-state index in [1.807, 2.05) is 12.4 Å². The summed E-state index contributed by atoms with van der Waals surface area (Å²) in [6, 6.07) is 2.06. The SMILES string of the molecule is CCN(C)c1cc[nH]c1. The predicted molar refractivity (Wildman–Crippen MR) is 39.7 cm³/mol. The highest BCUT2D eigenvalue weighted by Crippen LogP contribution is 2.08. The minimum absolute atomic E-state index is 1.05. The van der Waals surface area contributed by atoms with Gasteiger partial charge in [-0.05, 0) is 13.0 Å². The van der Waals surface area contributed by atoms with Crippen molar-refractivity contribution in [2.75, 3.05) is 18.5 Å². The van der Waals surface area contributed by atoms with Crippen molar-refractivity contribution in [3.63, 3.8) is 0 Å². The van der Waals surface area contributed by atoms with Crippen LogP contribution in [0, 0.1) is 0 Å². The van der Waals surface area contributed by atoms with Gasteiger partial charge in [-0.25, -0.2) is 0 Å². The van der Waals surface area contributed by atoms with Crippen molar-refractivity contribution in [3.8, 4) is 0 Å². The maximum Gasteiger partial charge on any atom is 0.0541 e. The topological polar surface area (TPSA) is 19.0 Å². The lowest BCUT2D eigenvalue weighted by Crippen LogP contribution is -2.14. The highest BCUT2D eigenvalue weighted by Gasteiger charge is 1.93. The van der Waals surface area contributed by atoms with Crippen molar-refractivity contribution in [2.24, 2.45) is 0 Å². The molecule has 0 aliphatic carbocycles. The second-order valence-corrected chi connectivity index (χ2v) is 2.08. The fourth-order valence-corrected chi connectivity index (χ4v) is 0.735. The highest BCUT2D eigenvalue weighted by molar-refractivity contribution is 5.42. The average Bonchev–Trinajstić information content (AvgIpc) is 2.37. The van der Waals surface area contributed by atoms with E-state index in [1.54, 1.807) is 0 Å². The Balaban J connectivity index is 2.65. The molecule has 0 unspecified atom stereocenters. The Hall–Kier alpha value is -0.920. The Labute approximate surface area is 55.5 Å². The molecule has 0 saturated carbocycles. The Kier molecular flexibility index (Phi) is 1.78. The first kappa shape index (κ1) is 6.20. The van der Waals surface area contributed by atoms with Crippen molar-refractivity contribution in [3.05, 3.63) is 18.5 Å². The minimum atomic E-state index is 1.05. The number of hydrogen-bond acceptors (Lipinski definition) is 1. The van der Waals surface area contributed by atoms with E-state index < -0.39 is 0 Å². The summed E-state index contributed by atoms with van der Waals surface area (Å²) in [5.74, 6) is 0. The molecule has 1 heterocycles. The van der Waals surface area contributed by atoms with E-state index in [4.69, 9.17) is 0 Å². The molecule has 0 amide bonds. The quantitative estimate of drug-likeness (QED) is 0.632. The van der Waals surface area contributed by atoms with Crippen molar-refractivity contribution < 1.29 is 0 Å². The molecule has 2 heteroatoms. The van der Waals surface area contributed by atoms with Crippen molar-refractivity contribution in [2.45, 2.75) is 6.92 Å². The molecule has 1 aromatic rings. The zero-order chi connectivity index (χ0) is 6.69. The first-order chi connectivity index (χ1) is 4.34. The first-order valence-corrected chi connectivity index (χ1v) is 3.18. The van der Waals surface area contributed by atoms with Crippen LogP contribution in [0.4, 0.5) is 5.69 Å². The van der Waals surface area contributed by atoms with Gasteiger partial charge in [0.1, 0.15) is 0 Å². The third kappa shape index (κ3) is 1.25. The number of aromatic nitrogens is 1. The maximum absolute atomic E-state index is 3.00. The molecule has 0 spiro atoms. The van der Waals surface area contributed by atoms with Crippen LogP contribution in [0.25, 0.3) is 0 Å². The average molecular weight is 124 g/mol. The zero-order valence-electron chi connectivity index (χ0n) is 5.89. The van der Waals surface area contributed by atoms with Gasteiger partial charge in [0.15, 0.2) is 0 Å². The van der Waals surface area contributed by atoms with Gasteiger partial charge in [0, 0.05) is 26.0 Å². The molecule has 1 rings (SSSR count). The number of nitrogens with zero attached hydrogens (tertiary/aromatic N) is 1. The summed E-state index contributed by atoms with van der Waals surface area (Å²) in [7, 11) is 2.07. The Morgan fingerprint density at radius 1 is 1.67 bits per heavy atom. The maximum atomic E-state index is 3.00. The van der Waals surface area contributed by atoms with E-state index >= 15 is 0 Å². The number of aromatic amines is 1. The molecule has 0 aliphatic heterocycles. The normalized spacial score (nSPS) is 9.56. The summed E-state index contributed by atoms with van der Waals surface area (Å²) in [5, 5.41) is 0. The van der Waals surface area contributed by atoms with Gasteiger partial charge >= 0.3 is 0 Å². The Morgan fingerprint density at radius 2 is 2.44 bits per heavy atom. The molecule has 0 aromatic carbocycles. The van der Waals surface area contributed by atoms with E-state index in [1.165, 1.54) is 5.69 Å². The molecule has 0 aliphatic rings. The van der Waals surface area contributed by atoms with Crippen LogP contribution < -0.4 is 4.90 Å². The lowest BCUT2D eigenvalue weighted by Gasteiger charge is -2.12. The third-order valence-electron chi connectivity index (χ3n) is 1.50. The molecule has 0 radical (unpaired) electrons. The summed E-state index contributed by atoms with van der Waals surface area (Å²) >= 11 is 0. The molecular weight excluding hydrogens is 112 g/mol. The smallest absolute Gasteiger partial charge is 0.0541 e. The van der Waals surface area contributed by atoms with Crippen LogP contribution in [0.15, 0.2) is 18.5 Å². The molecule has 2 nitrogen and oxygen atoms in total. The monoisotopic (exact) mass is 124 g/mol. The zero-order valence-corrected chi connectivity index (χ0v) is 5.89. The summed E-state index contributed by atoms with van der Waals surface area (Å²) in [6.45, 7) is 3.19. The number of anilines is 1. The molecule has 1 N–H and O–H groups in total. The van der Waals surface area contributed by atoms with Crippen LogP contribution in [0.3, 0.4) is 0 Å². The van der Waals surface area contributed by atoms with E-state index in [0.29, 0.717) is 0 Å². The highest BCUT2D eigenvalue weighted by atomic mass is 15.1. The van der Waals surface area contributed by atoms with Gasteiger partial charge in [0.2, 0.25) is 0 Å². The summed E-state index contributed by atoms with van der Waals surface area (Å²) in [5.41, 5.74) is 1.25. The van der Waals surface area contributed by atoms with Crippen LogP contribution in [-0.2, 0) is 0 Å². The van der Waals surface area contributed by atoms with Crippen LogP contribution in [-0.4, -0.2) is 18.6 Å². The van der Waals surface area contributed by atoms with Gasteiger partial charge in [-0.3, -0.25) is 0 Å². The van der Waals surface area contributed by atoms with Gasteiger partial charge < -0.3 is 9.88 Å². The number of hydrogen-bond donors (Lipinski definition) is 1. The van der Waals surface area contributed by atoms with Gasteiger partial charge in [0.25, 0.3) is 0 Å². The standard InChI is InChI=1S/C7H12N2/c1-3-9(2)7-4-5-8-6-7/h4-6,8H,3H2,1-2H3. The number of H-pyrrole nitrogens is 1. The minimum Gasteiger partial charge on any atom is -0.374 e. The lowest BCUT2D eigenvalue weighted by atomic mass is 10.4. The van der Waals surface area contributed by atoms with E-state index in [-0.39, 0.29) is 0 Å². The Bertz CT molecular complexity index is 155. The Morgan fingerprint density at radius 3 is 2.89 bits per heavy atom. The fourth-order valence-electron chi connectivity index (χ4n) is 0.735. The van der Waals surface area contributed by atoms with Crippen LogP contribution in [0.5, 0.6) is 0 Å². The molecular formula is C7H12N2. The van der Waals surface area contributed by atoms with Crippen molar-refractivity contribution >= 4 is 5.69 Å². The van der Waals surface area contributed by atoms with E-state index in [9.17, 15) is 0 Å². The predicted octanol–water partition coefficient (Wildman–Crippen LogP) is 1.47. The summed E-state index contributed by atoms with van der Waals surface area (Å²) < 4.78 is 0. The molecule has 0 atom stereocenters. The fraction of sp³-hybridized carbons (Fsp3) is 0.429. The molecule has 1 aromatic heterocycles. The summed E-state index contributed by atoms with van der Waals surface area (Å²) in [6.07, 6.45) is 3.92. The molecule has 0 bridgehead atoms. The van der Waals surface area contributed by atoms with Crippen molar-refractivity contribution in [1.29, 1.82) is 0 Å². The molecule has 0 fully saturated rings. The van der Waals surface area contributed by atoms with Gasteiger partial charge in [-0.15, -0.1) is 0 Å². The van der Waals surface area contributed by atoms with Crippen LogP contribution >= 0.6 is 0 Å². The van der Waals surface area contributed by atoms with Crippen LogP contribution in [0.2, 0.25) is 0 Å². The largest absolute Gasteiger partial charge is 0.374 e. The number of nitrogens with one attached hydrogen (secondary N) is 1. The first-order valence-electron chi connectivity index (χ1n) is 3.18. The molecule has 9 heavy (non-hydrogen) atoms. The van der Waals surface area contributed by atoms with Crippen molar-refractivity contribution in [1.82, 2.24) is 4.98 Å². The molecule has 0 saturated heterocycles. The van der Waals surface area contributed by atoms with Gasteiger partial charge in [-0.1, -0.05) is 0 Å². The third-order valence-corrected chi connectivity index (χ3v) is 1.50. The number of rotatable bonds is 2.